The number of nitrogens with one attached hydrogen (secondary N) is 3. The molecule has 2 aliphatic rings. The highest BCUT2D eigenvalue weighted by molar-refractivity contribution is 6.02. The van der Waals surface area contributed by atoms with Crippen LogP contribution in [0.5, 0.6) is 0 Å². The highest BCUT2D eigenvalue weighted by Crippen LogP contribution is 2.29. The Kier molecular flexibility index (Phi) is 16.7. The summed E-state index contributed by atoms with van der Waals surface area (Å²) in [6.07, 6.45) is 16.3. The van der Waals surface area contributed by atoms with Crippen molar-refractivity contribution in [3.63, 3.8) is 0 Å². The van der Waals surface area contributed by atoms with Crippen molar-refractivity contribution in [3.8, 4) is 12.3 Å². The summed E-state index contributed by atoms with van der Waals surface area (Å²) in [6, 6.07) is 0. The summed E-state index contributed by atoms with van der Waals surface area (Å²) in [5.74, 6) is 3.38. The molecule has 0 radical (unpaired) electrons. The molecular formula is C27H47N7O. The number of anilines is 4. The summed E-state index contributed by atoms with van der Waals surface area (Å²) < 4.78 is 0. The molecule has 196 valence electrons. The van der Waals surface area contributed by atoms with Crippen LogP contribution in [0, 0.1) is 17.8 Å². The van der Waals surface area contributed by atoms with E-state index < -0.39 is 0 Å². The number of allylic oxidation sites excluding steroid dienone is 2. The monoisotopic (exact) mass is 485 g/mol. The molecule has 3 rings (SSSR count). The average molecular weight is 486 g/mol. The molecule has 1 amide bonds. The Morgan fingerprint density at radius 2 is 1.83 bits per heavy atom. The van der Waals surface area contributed by atoms with Gasteiger partial charge in [0.2, 0.25) is 11.9 Å². The minimum absolute atomic E-state index is 0.121. The maximum absolute atomic E-state index is 11.2. The number of piperidine rings is 1. The third-order valence-electron chi connectivity index (χ3n) is 4.61. The van der Waals surface area contributed by atoms with E-state index >= 15 is 0 Å². The van der Waals surface area contributed by atoms with Gasteiger partial charge in [0.1, 0.15) is 5.69 Å². The maximum Gasteiger partial charge on any atom is 0.243 e. The van der Waals surface area contributed by atoms with Crippen LogP contribution in [0.15, 0.2) is 24.8 Å². The molecular weight excluding hydrogens is 438 g/mol. The van der Waals surface area contributed by atoms with Gasteiger partial charge in [-0.25, -0.2) is 0 Å². The number of carbonyl (C=O) groups excluding carboxylic acids is 1. The molecule has 0 spiro atoms. The van der Waals surface area contributed by atoms with E-state index in [9.17, 15) is 4.79 Å². The van der Waals surface area contributed by atoms with Crippen LogP contribution in [0.4, 0.5) is 23.3 Å². The molecule has 35 heavy (non-hydrogen) atoms. The van der Waals surface area contributed by atoms with Gasteiger partial charge in [0.05, 0.1) is 6.54 Å². The molecule has 0 unspecified atom stereocenters. The quantitative estimate of drug-likeness (QED) is 0.337. The van der Waals surface area contributed by atoms with Crippen LogP contribution in [-0.2, 0) is 4.79 Å². The molecule has 0 bridgehead atoms. The molecule has 8 heteroatoms. The van der Waals surface area contributed by atoms with Gasteiger partial charge in [0.15, 0.2) is 11.6 Å². The van der Waals surface area contributed by atoms with Gasteiger partial charge >= 0.3 is 0 Å². The van der Waals surface area contributed by atoms with Crippen molar-refractivity contribution in [2.45, 2.75) is 67.2 Å². The molecule has 1 fully saturated rings. The number of nitrogens with two attached hydrogens (primary N) is 1. The fourth-order valence-electron chi connectivity index (χ4n) is 3.03. The predicted octanol–water partition coefficient (Wildman–Crippen LogP) is 5.15. The highest BCUT2D eigenvalue weighted by atomic mass is 16.2. The summed E-state index contributed by atoms with van der Waals surface area (Å²) >= 11 is 0. The van der Waals surface area contributed by atoms with Crippen molar-refractivity contribution < 1.29 is 4.79 Å². The molecule has 5 N–H and O–H groups in total. The molecule has 1 aromatic rings. The molecule has 8 nitrogen and oxygen atoms in total. The van der Waals surface area contributed by atoms with Crippen LogP contribution >= 0.6 is 0 Å². The molecule has 2 aliphatic heterocycles. The van der Waals surface area contributed by atoms with Gasteiger partial charge in [-0.1, -0.05) is 52.3 Å². The Hall–Kier alpha value is -3.05. The van der Waals surface area contributed by atoms with Gasteiger partial charge in [0.25, 0.3) is 0 Å². The van der Waals surface area contributed by atoms with E-state index in [4.69, 9.17) is 5.73 Å². The first-order valence-electron chi connectivity index (χ1n) is 12.4. The number of aromatic nitrogens is 2. The summed E-state index contributed by atoms with van der Waals surface area (Å²) in [4.78, 5) is 22.2. The van der Waals surface area contributed by atoms with Crippen LogP contribution in [0.25, 0.3) is 0 Å². The second-order valence-electron chi connectivity index (χ2n) is 9.41. The lowest BCUT2D eigenvalue weighted by atomic mass is 9.97. The molecule has 0 aliphatic carbocycles. The summed E-state index contributed by atoms with van der Waals surface area (Å²) in [5, 5.41) is 8.69. The van der Waals surface area contributed by atoms with Crippen LogP contribution < -0.4 is 21.7 Å². The largest absolute Gasteiger partial charge is 0.382 e. The summed E-state index contributed by atoms with van der Waals surface area (Å²) in [5.41, 5.74) is 6.37. The Morgan fingerprint density at radius 1 is 1.23 bits per heavy atom. The fraction of sp³-hybridized carbons (Fsp3) is 0.593. The normalized spacial score (nSPS) is 14.7. The van der Waals surface area contributed by atoms with E-state index in [-0.39, 0.29) is 23.7 Å². The number of hydrogen-bond acceptors (Lipinski definition) is 7. The van der Waals surface area contributed by atoms with Gasteiger partial charge in [-0.2, -0.15) is 9.97 Å². The zero-order valence-electron chi connectivity index (χ0n) is 22.7. The van der Waals surface area contributed by atoms with Crippen molar-refractivity contribution in [2.24, 2.45) is 5.41 Å². The van der Waals surface area contributed by atoms with E-state index in [1.807, 2.05) is 6.92 Å². The SMILES string of the molecule is C#CC.C=CC.CC(C)(C)CNc1nc(N)c2c(n1)NCC(=O)N2.CC/C=C/CN1CCCCC1. The fourth-order valence-corrected chi connectivity index (χ4v) is 3.03. The molecule has 0 saturated carbocycles. The second-order valence-corrected chi connectivity index (χ2v) is 9.41. The number of nitrogen functional groups attached to an aromatic ring is 1. The van der Waals surface area contributed by atoms with Gasteiger partial charge < -0.3 is 21.7 Å². The van der Waals surface area contributed by atoms with Crippen molar-refractivity contribution in [1.82, 2.24) is 14.9 Å². The Morgan fingerprint density at radius 3 is 2.37 bits per heavy atom. The first-order chi connectivity index (χ1) is 16.6. The summed E-state index contributed by atoms with van der Waals surface area (Å²) in [7, 11) is 0. The number of rotatable bonds is 5. The van der Waals surface area contributed by atoms with Crippen LogP contribution in [0.2, 0.25) is 0 Å². The van der Waals surface area contributed by atoms with E-state index in [0.29, 0.717) is 17.5 Å². The number of hydrogen-bond donors (Lipinski definition) is 4. The lowest BCUT2D eigenvalue weighted by molar-refractivity contribution is -0.114. The van der Waals surface area contributed by atoms with Crippen molar-refractivity contribution in [3.05, 3.63) is 24.8 Å². The lowest BCUT2D eigenvalue weighted by Crippen LogP contribution is -2.30. The van der Waals surface area contributed by atoms with E-state index in [2.05, 4.69) is 89.6 Å². The third-order valence-corrected chi connectivity index (χ3v) is 4.61. The smallest absolute Gasteiger partial charge is 0.243 e. The topological polar surface area (TPSA) is 108 Å². The number of carbonyl (C=O) groups is 1. The van der Waals surface area contributed by atoms with Crippen LogP contribution in [-0.4, -0.2) is 53.5 Å². The zero-order chi connectivity index (χ0) is 26.7. The minimum atomic E-state index is -0.145. The standard InChI is InChI=1S/C11H18N6O.C10H19N.C3H6.C3H4/c1-11(2,3)5-14-10-16-8(12)7-9(17-10)13-4-6(18)15-7;1-2-3-5-8-11-9-6-4-7-10-11;2*1-3-2/h4-5H2,1-3H3,(H,15,18)(H4,12,13,14,16,17);3,5H,2,4,6-10H2,1H3;3H,1H2,2H3;1H,2H3/b;5-3+;;. The second kappa shape index (κ2) is 18.3. The molecule has 0 atom stereocenters. The maximum atomic E-state index is 11.2. The predicted molar refractivity (Wildman–Crippen MR) is 152 cm³/mol. The van der Waals surface area contributed by atoms with Crippen molar-refractivity contribution >= 4 is 29.2 Å². The first kappa shape index (κ1) is 31.9. The van der Waals surface area contributed by atoms with Crippen LogP contribution in [0.1, 0.15) is 67.2 Å². The van der Waals surface area contributed by atoms with E-state index in [0.717, 1.165) is 6.54 Å². The highest BCUT2D eigenvalue weighted by Gasteiger charge is 2.20. The summed E-state index contributed by atoms with van der Waals surface area (Å²) in [6.45, 7) is 20.2. The van der Waals surface area contributed by atoms with Crippen molar-refractivity contribution in [1.29, 1.82) is 0 Å². The third kappa shape index (κ3) is 15.5. The number of likely N-dealkylation sites (tertiary alicyclic amines) is 1. The first-order valence-corrected chi connectivity index (χ1v) is 12.4. The van der Waals surface area contributed by atoms with Gasteiger partial charge in [-0.15, -0.1) is 18.9 Å². The van der Waals surface area contributed by atoms with Crippen LogP contribution in [0.3, 0.4) is 0 Å². The zero-order valence-corrected chi connectivity index (χ0v) is 22.7. The molecule has 1 aromatic heterocycles. The Bertz CT molecular complexity index is 816. The number of nitrogens with zero attached hydrogens (tertiary/aromatic N) is 3. The van der Waals surface area contributed by atoms with E-state index in [1.165, 1.54) is 45.3 Å². The van der Waals surface area contributed by atoms with Gasteiger partial charge in [-0.05, 0) is 51.6 Å². The van der Waals surface area contributed by atoms with E-state index in [1.54, 1.807) is 13.0 Å². The number of fused-ring (bicyclic) bond motifs is 1. The molecule has 3 heterocycles. The Labute approximate surface area is 213 Å². The molecule has 1 saturated heterocycles. The number of amides is 1. The Balaban J connectivity index is 0.000000578. The van der Waals surface area contributed by atoms with Gasteiger partial charge in [0, 0.05) is 13.1 Å². The van der Waals surface area contributed by atoms with Gasteiger partial charge in [-0.3, -0.25) is 9.69 Å². The lowest BCUT2D eigenvalue weighted by Gasteiger charge is -2.24. The molecule has 0 aromatic carbocycles. The van der Waals surface area contributed by atoms with Crippen molar-refractivity contribution in [2.75, 3.05) is 54.4 Å². The number of terminal acetylenes is 1. The average Bonchev–Trinajstić information content (AvgIpc) is 2.80. The minimum Gasteiger partial charge on any atom is -0.382 e.